The van der Waals surface area contributed by atoms with E-state index in [0.29, 0.717) is 32.2 Å². The molecule has 0 radical (unpaired) electrons. The number of benzene rings is 3. The van der Waals surface area contributed by atoms with Crippen molar-refractivity contribution in [3.05, 3.63) is 87.4 Å². The van der Waals surface area contributed by atoms with Gasteiger partial charge in [-0.15, -0.1) is 0 Å². The average Bonchev–Trinajstić information content (AvgIpc) is 2.72. The Kier molecular flexibility index (Phi) is 7.13. The molecule has 2 N–H and O–H groups in total. The Bertz CT molecular complexity index is 1070. The molecule has 5 nitrogen and oxygen atoms in total. The van der Waals surface area contributed by atoms with Crippen molar-refractivity contribution in [2.75, 3.05) is 10.6 Å². The molecule has 0 saturated heterocycles. The summed E-state index contributed by atoms with van der Waals surface area (Å²) in [4.78, 5) is 24.8. The minimum Gasteiger partial charge on any atom is -0.480 e. The van der Waals surface area contributed by atoms with Crippen molar-refractivity contribution in [1.82, 2.24) is 0 Å². The van der Waals surface area contributed by atoms with Crippen LogP contribution >= 0.6 is 27.5 Å². The van der Waals surface area contributed by atoms with Gasteiger partial charge in [0.2, 0.25) is 0 Å². The van der Waals surface area contributed by atoms with Crippen molar-refractivity contribution in [3.8, 4) is 5.75 Å². The zero-order valence-corrected chi connectivity index (χ0v) is 18.8. The number of halogens is 2. The number of hydrogen-bond donors (Lipinski definition) is 2. The Morgan fingerprint density at radius 3 is 2.40 bits per heavy atom. The van der Waals surface area contributed by atoms with E-state index in [0.717, 1.165) is 5.56 Å². The van der Waals surface area contributed by atoms with E-state index in [1.54, 1.807) is 55.5 Å². The summed E-state index contributed by atoms with van der Waals surface area (Å²) in [5.74, 6) is 0.0422. The Morgan fingerprint density at radius 2 is 1.73 bits per heavy atom. The molecule has 7 heteroatoms. The second-order valence-corrected chi connectivity index (χ2v) is 7.96. The van der Waals surface area contributed by atoms with Crippen molar-refractivity contribution >= 4 is 50.7 Å². The zero-order valence-electron chi connectivity index (χ0n) is 16.4. The number of hydrogen-bond acceptors (Lipinski definition) is 3. The molecule has 0 aliphatic heterocycles. The van der Waals surface area contributed by atoms with Crippen molar-refractivity contribution in [3.63, 3.8) is 0 Å². The van der Waals surface area contributed by atoms with Gasteiger partial charge in [0.1, 0.15) is 5.75 Å². The SMILES string of the molecule is Cc1cc(NC(=O)C(C)Oc2ccc(Cl)cc2Br)ccc1NC(=O)c1ccccc1. The summed E-state index contributed by atoms with van der Waals surface area (Å²) in [5.41, 5.74) is 2.69. The summed E-state index contributed by atoms with van der Waals surface area (Å²) >= 11 is 9.30. The fraction of sp³-hybridized carbons (Fsp3) is 0.130. The fourth-order valence-electron chi connectivity index (χ4n) is 2.72. The molecule has 1 atom stereocenters. The van der Waals surface area contributed by atoms with Gasteiger partial charge in [-0.1, -0.05) is 29.8 Å². The maximum Gasteiger partial charge on any atom is 0.265 e. The van der Waals surface area contributed by atoms with Crippen LogP contribution in [0.1, 0.15) is 22.8 Å². The highest BCUT2D eigenvalue weighted by molar-refractivity contribution is 9.10. The maximum atomic E-state index is 12.5. The molecule has 0 fully saturated rings. The number of rotatable bonds is 6. The highest BCUT2D eigenvalue weighted by Gasteiger charge is 2.17. The van der Waals surface area contributed by atoms with Crippen LogP contribution in [0.4, 0.5) is 11.4 Å². The molecule has 2 amide bonds. The minimum absolute atomic E-state index is 0.189. The molecule has 30 heavy (non-hydrogen) atoms. The number of aryl methyl sites for hydroxylation is 1. The van der Waals surface area contributed by atoms with Gasteiger partial charge < -0.3 is 15.4 Å². The molecule has 0 heterocycles. The van der Waals surface area contributed by atoms with Gasteiger partial charge in [0, 0.05) is 22.0 Å². The van der Waals surface area contributed by atoms with E-state index in [9.17, 15) is 9.59 Å². The van der Waals surface area contributed by atoms with Crippen molar-refractivity contribution < 1.29 is 14.3 Å². The first kappa shape index (κ1) is 21.9. The third-order valence-electron chi connectivity index (χ3n) is 4.35. The van der Waals surface area contributed by atoms with Crippen LogP contribution in [0.5, 0.6) is 5.75 Å². The van der Waals surface area contributed by atoms with Crippen molar-refractivity contribution in [2.45, 2.75) is 20.0 Å². The van der Waals surface area contributed by atoms with Crippen molar-refractivity contribution in [1.29, 1.82) is 0 Å². The van der Waals surface area contributed by atoms with Gasteiger partial charge in [0.25, 0.3) is 11.8 Å². The summed E-state index contributed by atoms with van der Waals surface area (Å²) in [7, 11) is 0. The normalized spacial score (nSPS) is 11.5. The Morgan fingerprint density at radius 1 is 1.00 bits per heavy atom. The summed E-state index contributed by atoms with van der Waals surface area (Å²) < 4.78 is 6.39. The van der Waals surface area contributed by atoms with E-state index in [1.807, 2.05) is 25.1 Å². The number of carbonyl (C=O) groups excluding carboxylic acids is 2. The molecule has 0 aliphatic carbocycles. The molecule has 154 valence electrons. The van der Waals surface area contributed by atoms with Crippen LogP contribution < -0.4 is 15.4 Å². The van der Waals surface area contributed by atoms with E-state index < -0.39 is 6.10 Å². The lowest BCUT2D eigenvalue weighted by Crippen LogP contribution is -2.30. The quantitative estimate of drug-likeness (QED) is 0.443. The summed E-state index contributed by atoms with van der Waals surface area (Å²) in [5, 5.41) is 6.28. The molecule has 3 aromatic rings. The van der Waals surface area contributed by atoms with E-state index >= 15 is 0 Å². The molecule has 0 spiro atoms. The lowest BCUT2D eigenvalue weighted by molar-refractivity contribution is -0.122. The topological polar surface area (TPSA) is 67.4 Å². The maximum absolute atomic E-state index is 12.5. The van der Waals surface area contributed by atoms with Crippen LogP contribution in [0, 0.1) is 6.92 Å². The second kappa shape index (κ2) is 9.78. The standard InChI is InChI=1S/C23H20BrClN2O3/c1-14-12-18(9-10-20(14)27-23(29)16-6-4-3-5-7-16)26-22(28)15(2)30-21-11-8-17(25)13-19(21)24/h3-13,15H,1-2H3,(H,26,28)(H,27,29). The molecule has 3 aromatic carbocycles. The van der Waals surface area contributed by atoms with E-state index in [2.05, 4.69) is 26.6 Å². The minimum atomic E-state index is -0.722. The van der Waals surface area contributed by atoms with Crippen LogP contribution in [0.25, 0.3) is 0 Å². The molecule has 0 aromatic heterocycles. The van der Waals surface area contributed by atoms with Gasteiger partial charge in [-0.3, -0.25) is 9.59 Å². The number of anilines is 2. The largest absolute Gasteiger partial charge is 0.480 e. The molecule has 0 aliphatic rings. The van der Waals surface area contributed by atoms with Crippen LogP contribution in [0.3, 0.4) is 0 Å². The second-order valence-electron chi connectivity index (χ2n) is 6.67. The van der Waals surface area contributed by atoms with Gasteiger partial charge >= 0.3 is 0 Å². The predicted octanol–water partition coefficient (Wildman–Crippen LogP) is 6.07. The van der Waals surface area contributed by atoms with Crippen LogP contribution in [0.2, 0.25) is 5.02 Å². The number of ether oxygens (including phenoxy) is 1. The molecule has 0 saturated carbocycles. The third kappa shape index (κ3) is 5.62. The molecule has 3 rings (SSSR count). The summed E-state index contributed by atoms with van der Waals surface area (Å²) in [6.07, 6.45) is -0.722. The van der Waals surface area contributed by atoms with Gasteiger partial charge in [-0.25, -0.2) is 0 Å². The third-order valence-corrected chi connectivity index (χ3v) is 5.20. The number of amides is 2. The molecular formula is C23H20BrClN2O3. The Hall–Kier alpha value is -2.83. The summed E-state index contributed by atoms with van der Waals surface area (Å²) in [6.45, 7) is 3.53. The predicted molar refractivity (Wildman–Crippen MR) is 123 cm³/mol. The van der Waals surface area contributed by atoms with Crippen molar-refractivity contribution in [2.24, 2.45) is 0 Å². The first-order valence-corrected chi connectivity index (χ1v) is 10.4. The van der Waals surface area contributed by atoms with E-state index in [4.69, 9.17) is 16.3 Å². The van der Waals surface area contributed by atoms with E-state index in [-0.39, 0.29) is 11.8 Å². The van der Waals surface area contributed by atoms with Gasteiger partial charge in [0.15, 0.2) is 6.10 Å². The smallest absolute Gasteiger partial charge is 0.265 e. The van der Waals surface area contributed by atoms with Crippen LogP contribution in [0.15, 0.2) is 71.2 Å². The fourth-order valence-corrected chi connectivity index (χ4v) is 3.50. The molecule has 0 bridgehead atoms. The highest BCUT2D eigenvalue weighted by Crippen LogP contribution is 2.29. The Balaban J connectivity index is 1.63. The highest BCUT2D eigenvalue weighted by atomic mass is 79.9. The lowest BCUT2D eigenvalue weighted by Gasteiger charge is -2.17. The van der Waals surface area contributed by atoms with Gasteiger partial charge in [-0.05, 0) is 83.9 Å². The van der Waals surface area contributed by atoms with Crippen LogP contribution in [-0.4, -0.2) is 17.9 Å². The average molecular weight is 488 g/mol. The number of carbonyl (C=O) groups is 2. The Labute approximate surface area is 188 Å². The van der Waals surface area contributed by atoms with Gasteiger partial charge in [0.05, 0.1) is 4.47 Å². The van der Waals surface area contributed by atoms with Gasteiger partial charge in [-0.2, -0.15) is 0 Å². The first-order chi connectivity index (χ1) is 14.3. The first-order valence-electron chi connectivity index (χ1n) is 9.23. The zero-order chi connectivity index (χ0) is 21.7. The summed E-state index contributed by atoms with van der Waals surface area (Å²) in [6, 6.07) is 19.4. The molecule has 1 unspecified atom stereocenters. The monoisotopic (exact) mass is 486 g/mol. The van der Waals surface area contributed by atoms with E-state index in [1.165, 1.54) is 0 Å². The molecular weight excluding hydrogens is 468 g/mol. The lowest BCUT2D eigenvalue weighted by atomic mass is 10.1. The van der Waals surface area contributed by atoms with Crippen LogP contribution in [-0.2, 0) is 4.79 Å². The number of nitrogens with one attached hydrogen (secondary N) is 2.